The minimum absolute atomic E-state index is 0.268. The number of hydrogen-bond donors (Lipinski definition) is 0. The number of carbonyl (C=O) groups excluding carboxylic acids is 1. The van der Waals surface area contributed by atoms with Crippen molar-refractivity contribution in [2.75, 3.05) is 6.61 Å². The van der Waals surface area contributed by atoms with Crippen LogP contribution in [0.25, 0.3) is 0 Å². The van der Waals surface area contributed by atoms with Gasteiger partial charge in [-0.05, 0) is 38.5 Å². The molecule has 0 saturated carbocycles. The van der Waals surface area contributed by atoms with E-state index in [-0.39, 0.29) is 11.3 Å². The van der Waals surface area contributed by atoms with Gasteiger partial charge in [-0.25, -0.2) is 0 Å². The molecule has 0 N–H and O–H groups in total. The summed E-state index contributed by atoms with van der Waals surface area (Å²) in [6.07, 6.45) is -5.04. The number of alkyl halides is 3. The summed E-state index contributed by atoms with van der Waals surface area (Å²) >= 11 is 0. The van der Waals surface area contributed by atoms with Crippen LogP contribution in [0.15, 0.2) is 18.2 Å². The van der Waals surface area contributed by atoms with Crippen LogP contribution >= 0.6 is 0 Å². The molecule has 0 aliphatic carbocycles. The predicted octanol–water partition coefficient (Wildman–Crippen LogP) is 3.62. The van der Waals surface area contributed by atoms with Crippen LogP contribution in [0.2, 0.25) is 0 Å². The number of benzene rings is 1. The van der Waals surface area contributed by atoms with E-state index in [4.69, 9.17) is 4.74 Å². The Morgan fingerprint density at radius 2 is 2.00 bits per heavy atom. The molecular weight excluding hydrogens is 245 g/mol. The molecule has 0 spiro atoms. The van der Waals surface area contributed by atoms with Crippen LogP contribution < -0.4 is 0 Å². The number of Topliss-reactive ketones (excluding diaryl/α,β-unsaturated/α-hetero) is 1. The number of rotatable bonds is 4. The lowest BCUT2D eigenvalue weighted by molar-refractivity contribution is -0.137. The van der Waals surface area contributed by atoms with E-state index in [1.165, 1.54) is 13.0 Å². The van der Waals surface area contributed by atoms with Crippen molar-refractivity contribution in [3.05, 3.63) is 34.9 Å². The van der Waals surface area contributed by atoms with Gasteiger partial charge in [0.1, 0.15) is 6.10 Å². The fraction of sp³-hybridized carbons (Fsp3) is 0.462. The van der Waals surface area contributed by atoms with Gasteiger partial charge in [-0.3, -0.25) is 4.79 Å². The Labute approximate surface area is 104 Å². The second-order valence-corrected chi connectivity index (χ2v) is 3.99. The summed E-state index contributed by atoms with van der Waals surface area (Å²) < 4.78 is 42.5. The first-order valence-corrected chi connectivity index (χ1v) is 5.61. The minimum atomic E-state index is -4.39. The maximum atomic E-state index is 12.5. The lowest BCUT2D eigenvalue weighted by Gasteiger charge is -2.14. The van der Waals surface area contributed by atoms with Crippen molar-refractivity contribution < 1.29 is 22.7 Å². The van der Waals surface area contributed by atoms with Gasteiger partial charge in [0.2, 0.25) is 0 Å². The summed E-state index contributed by atoms with van der Waals surface area (Å²) in [6, 6.07) is 3.10. The summed E-state index contributed by atoms with van der Waals surface area (Å²) in [7, 11) is 0. The Kier molecular flexibility index (Phi) is 4.51. The Hall–Kier alpha value is -1.36. The van der Waals surface area contributed by atoms with Crippen LogP contribution in [0.1, 0.15) is 35.3 Å². The van der Waals surface area contributed by atoms with Gasteiger partial charge in [0, 0.05) is 12.2 Å². The van der Waals surface area contributed by atoms with E-state index in [0.29, 0.717) is 12.2 Å². The van der Waals surface area contributed by atoms with Gasteiger partial charge >= 0.3 is 6.18 Å². The fourth-order valence-electron chi connectivity index (χ4n) is 1.66. The first-order valence-electron chi connectivity index (χ1n) is 5.61. The predicted molar refractivity (Wildman–Crippen MR) is 61.6 cm³/mol. The standard InChI is InChI=1S/C13H15F3O2/c1-4-18-9(3)12(17)11-6-5-10(7-8(11)2)13(14,15)16/h5-7,9H,4H2,1-3H3. The topological polar surface area (TPSA) is 26.3 Å². The maximum Gasteiger partial charge on any atom is 0.416 e. The van der Waals surface area contributed by atoms with Crippen molar-refractivity contribution in [2.45, 2.75) is 33.1 Å². The highest BCUT2D eigenvalue weighted by molar-refractivity contribution is 6.00. The van der Waals surface area contributed by atoms with Gasteiger partial charge in [-0.15, -0.1) is 0 Å². The van der Waals surface area contributed by atoms with E-state index in [1.54, 1.807) is 13.8 Å². The zero-order valence-corrected chi connectivity index (χ0v) is 10.5. The van der Waals surface area contributed by atoms with E-state index in [9.17, 15) is 18.0 Å². The van der Waals surface area contributed by atoms with Gasteiger partial charge in [0.15, 0.2) is 5.78 Å². The molecule has 1 rings (SSSR count). The Bertz CT molecular complexity index is 438. The zero-order valence-electron chi connectivity index (χ0n) is 10.5. The second kappa shape index (κ2) is 5.52. The van der Waals surface area contributed by atoms with Gasteiger partial charge in [0.05, 0.1) is 5.56 Å². The molecule has 0 fully saturated rings. The highest BCUT2D eigenvalue weighted by Crippen LogP contribution is 2.30. The number of carbonyl (C=O) groups is 1. The Morgan fingerprint density at radius 1 is 1.39 bits per heavy atom. The lowest BCUT2D eigenvalue weighted by atomic mass is 9.99. The molecule has 100 valence electrons. The highest BCUT2D eigenvalue weighted by atomic mass is 19.4. The van der Waals surface area contributed by atoms with Crippen LogP contribution in [-0.4, -0.2) is 18.5 Å². The molecule has 18 heavy (non-hydrogen) atoms. The number of hydrogen-bond acceptors (Lipinski definition) is 2. The maximum absolute atomic E-state index is 12.5. The van der Waals surface area contributed by atoms with Crippen molar-refractivity contribution in [3.8, 4) is 0 Å². The molecule has 0 amide bonds. The number of halogens is 3. The average Bonchev–Trinajstić information content (AvgIpc) is 2.27. The van der Waals surface area contributed by atoms with Crippen molar-refractivity contribution in [3.63, 3.8) is 0 Å². The Morgan fingerprint density at radius 3 is 2.44 bits per heavy atom. The smallest absolute Gasteiger partial charge is 0.371 e. The van der Waals surface area contributed by atoms with Crippen LogP contribution in [0, 0.1) is 6.92 Å². The molecule has 0 heterocycles. The summed E-state index contributed by atoms with van der Waals surface area (Å²) in [6.45, 7) is 5.21. The molecule has 0 bridgehead atoms. The molecular formula is C13H15F3O2. The van der Waals surface area contributed by atoms with Crippen LogP contribution in [0.3, 0.4) is 0 Å². The van der Waals surface area contributed by atoms with Crippen LogP contribution in [0.5, 0.6) is 0 Å². The van der Waals surface area contributed by atoms with Gasteiger partial charge < -0.3 is 4.74 Å². The van der Waals surface area contributed by atoms with E-state index in [0.717, 1.165) is 12.1 Å². The largest absolute Gasteiger partial charge is 0.416 e. The molecule has 0 radical (unpaired) electrons. The van der Waals surface area contributed by atoms with Gasteiger partial charge in [-0.1, -0.05) is 6.07 Å². The van der Waals surface area contributed by atoms with Crippen molar-refractivity contribution >= 4 is 5.78 Å². The molecule has 2 nitrogen and oxygen atoms in total. The summed E-state index contributed by atoms with van der Waals surface area (Å²) in [5, 5.41) is 0. The van der Waals surface area contributed by atoms with Crippen LogP contribution in [-0.2, 0) is 10.9 Å². The Balaban J connectivity index is 3.03. The van der Waals surface area contributed by atoms with Crippen molar-refractivity contribution in [2.24, 2.45) is 0 Å². The quantitative estimate of drug-likeness (QED) is 0.773. The van der Waals surface area contributed by atoms with Crippen LogP contribution in [0.4, 0.5) is 13.2 Å². The SMILES string of the molecule is CCOC(C)C(=O)c1ccc(C(F)(F)F)cc1C. The second-order valence-electron chi connectivity index (χ2n) is 3.99. The number of ketones is 1. The third-order valence-electron chi connectivity index (χ3n) is 2.61. The molecule has 1 unspecified atom stereocenters. The monoisotopic (exact) mass is 260 g/mol. The summed E-state index contributed by atoms with van der Waals surface area (Å²) in [5.74, 6) is -0.303. The molecule has 5 heteroatoms. The number of ether oxygens (including phenoxy) is 1. The molecule has 1 aromatic rings. The first-order chi connectivity index (χ1) is 8.27. The molecule has 1 atom stereocenters. The van der Waals surface area contributed by atoms with Crippen molar-refractivity contribution in [1.29, 1.82) is 0 Å². The number of aryl methyl sites for hydroxylation is 1. The first kappa shape index (κ1) is 14.7. The third-order valence-corrected chi connectivity index (χ3v) is 2.61. The molecule has 0 saturated heterocycles. The average molecular weight is 260 g/mol. The van der Waals surface area contributed by atoms with E-state index < -0.39 is 17.8 Å². The fourth-order valence-corrected chi connectivity index (χ4v) is 1.66. The minimum Gasteiger partial charge on any atom is -0.371 e. The van der Waals surface area contributed by atoms with E-state index in [1.807, 2.05) is 0 Å². The molecule has 0 aliphatic heterocycles. The third kappa shape index (κ3) is 3.32. The summed E-state index contributed by atoms with van der Waals surface area (Å²) in [4.78, 5) is 11.9. The van der Waals surface area contributed by atoms with E-state index >= 15 is 0 Å². The highest BCUT2D eigenvalue weighted by Gasteiger charge is 2.31. The van der Waals surface area contributed by atoms with Gasteiger partial charge in [0.25, 0.3) is 0 Å². The van der Waals surface area contributed by atoms with Crippen molar-refractivity contribution in [1.82, 2.24) is 0 Å². The molecule has 0 aliphatic rings. The molecule has 1 aromatic carbocycles. The zero-order chi connectivity index (χ0) is 13.9. The van der Waals surface area contributed by atoms with Gasteiger partial charge in [-0.2, -0.15) is 13.2 Å². The normalized spacial score (nSPS) is 13.4. The van der Waals surface area contributed by atoms with E-state index in [2.05, 4.69) is 0 Å². The lowest BCUT2D eigenvalue weighted by Crippen LogP contribution is -2.22. The summed E-state index contributed by atoms with van der Waals surface area (Å²) in [5.41, 5.74) is -0.175. The molecule has 0 aromatic heterocycles.